The highest BCUT2D eigenvalue weighted by Gasteiger charge is 2.08. The van der Waals surface area contributed by atoms with Gasteiger partial charge in [0.2, 0.25) is 5.91 Å². The lowest BCUT2D eigenvalue weighted by Gasteiger charge is -2.13. The van der Waals surface area contributed by atoms with Crippen LogP contribution in [0.5, 0.6) is 5.75 Å². The molecule has 0 aliphatic rings. The van der Waals surface area contributed by atoms with Gasteiger partial charge in [0.1, 0.15) is 5.75 Å². The van der Waals surface area contributed by atoms with Crippen molar-refractivity contribution in [3.63, 3.8) is 0 Å². The molecule has 0 aliphatic carbocycles. The van der Waals surface area contributed by atoms with Gasteiger partial charge in [-0.05, 0) is 69.5 Å². The van der Waals surface area contributed by atoms with Gasteiger partial charge in [0.05, 0.1) is 0 Å². The summed E-state index contributed by atoms with van der Waals surface area (Å²) in [4.78, 5) is 24.2. The van der Waals surface area contributed by atoms with Crippen LogP contribution in [0.25, 0.3) is 0 Å². The molecule has 0 aromatic heterocycles. The third kappa shape index (κ3) is 6.94. The predicted molar refractivity (Wildman–Crippen MR) is 119 cm³/mol. The van der Waals surface area contributed by atoms with E-state index in [9.17, 15) is 9.59 Å². The average molecular weight is 460 g/mol. The van der Waals surface area contributed by atoms with E-state index in [4.69, 9.17) is 4.74 Å². The number of benzene rings is 2. The van der Waals surface area contributed by atoms with E-state index in [2.05, 4.69) is 32.1 Å². The van der Waals surface area contributed by atoms with Crippen LogP contribution in [-0.4, -0.2) is 18.4 Å². The highest BCUT2D eigenvalue weighted by molar-refractivity contribution is 9.10. The summed E-state index contributed by atoms with van der Waals surface area (Å²) < 4.78 is 6.46. The monoisotopic (exact) mass is 459 g/mol. The molecular formula is C22H26BrN3O3. The molecule has 0 unspecified atom stereocenters. The largest absolute Gasteiger partial charge is 0.483 e. The second kappa shape index (κ2) is 10.1. The van der Waals surface area contributed by atoms with Crippen molar-refractivity contribution in [2.75, 3.05) is 11.9 Å². The Morgan fingerprint density at radius 1 is 1.00 bits per heavy atom. The van der Waals surface area contributed by atoms with Gasteiger partial charge in [-0.1, -0.05) is 33.6 Å². The van der Waals surface area contributed by atoms with Gasteiger partial charge in [0, 0.05) is 21.9 Å². The maximum atomic E-state index is 12.3. The van der Waals surface area contributed by atoms with Gasteiger partial charge in [-0.25, -0.2) is 0 Å². The molecule has 2 aromatic rings. The van der Waals surface area contributed by atoms with Gasteiger partial charge < -0.3 is 15.5 Å². The second-order valence-electron chi connectivity index (χ2n) is 6.96. The molecule has 0 bridgehead atoms. The number of nitrogens with one attached hydrogen (secondary N) is 3. The molecule has 0 atom stereocenters. The molecule has 0 radical (unpaired) electrons. The number of hydrogen-bond donors (Lipinski definition) is 3. The maximum absolute atomic E-state index is 12.3. The molecule has 0 saturated carbocycles. The lowest BCUT2D eigenvalue weighted by atomic mass is 10.1. The van der Waals surface area contributed by atoms with Crippen LogP contribution >= 0.6 is 15.9 Å². The molecule has 0 spiro atoms. The summed E-state index contributed by atoms with van der Waals surface area (Å²) in [5.74, 6) is 0.00516. The first kappa shape index (κ1) is 22.5. The van der Waals surface area contributed by atoms with Crippen LogP contribution in [-0.2, 0) is 9.59 Å². The van der Waals surface area contributed by atoms with Crippen LogP contribution in [0, 0.1) is 27.7 Å². The number of halogens is 1. The van der Waals surface area contributed by atoms with E-state index in [1.54, 1.807) is 13.0 Å². The van der Waals surface area contributed by atoms with Crippen molar-refractivity contribution in [3.05, 3.63) is 68.8 Å². The van der Waals surface area contributed by atoms with Gasteiger partial charge in [-0.3, -0.25) is 15.0 Å². The molecule has 0 aliphatic heterocycles. The highest BCUT2D eigenvalue weighted by atomic mass is 79.9. The molecule has 154 valence electrons. The zero-order valence-electron chi connectivity index (χ0n) is 17.3. The Bertz CT molecular complexity index is 931. The number of amides is 2. The molecule has 0 saturated heterocycles. The third-order valence-corrected chi connectivity index (χ3v) is 4.66. The fraction of sp³-hybridized carbons (Fsp3) is 0.273. The number of carbonyl (C=O) groups excluding carboxylic acids is 2. The number of hydrogen-bond acceptors (Lipinski definition) is 4. The summed E-state index contributed by atoms with van der Waals surface area (Å²) in [6.45, 7) is 9.38. The first-order chi connectivity index (χ1) is 13.7. The van der Waals surface area contributed by atoms with E-state index in [-0.39, 0.29) is 18.4 Å². The maximum Gasteiger partial charge on any atom is 0.276 e. The Hall–Kier alpha value is -2.80. The zero-order chi connectivity index (χ0) is 21.6. The molecule has 2 rings (SSSR count). The topological polar surface area (TPSA) is 79.5 Å². The van der Waals surface area contributed by atoms with Crippen molar-refractivity contribution >= 4 is 33.4 Å². The van der Waals surface area contributed by atoms with Gasteiger partial charge in [0.25, 0.3) is 5.91 Å². The van der Waals surface area contributed by atoms with Crippen LogP contribution in [0.2, 0.25) is 0 Å². The van der Waals surface area contributed by atoms with E-state index in [0.717, 1.165) is 32.4 Å². The highest BCUT2D eigenvalue weighted by Crippen LogP contribution is 2.22. The molecular weight excluding hydrogens is 434 g/mol. The number of hydrazine groups is 1. The Morgan fingerprint density at radius 3 is 2.28 bits per heavy atom. The van der Waals surface area contributed by atoms with Crippen LogP contribution < -0.4 is 20.9 Å². The lowest BCUT2D eigenvalue weighted by Crippen LogP contribution is -2.39. The van der Waals surface area contributed by atoms with E-state index < -0.39 is 0 Å². The summed E-state index contributed by atoms with van der Waals surface area (Å²) in [6.07, 6.45) is 1.39. The fourth-order valence-electron chi connectivity index (χ4n) is 2.89. The minimum atomic E-state index is -0.356. The normalized spacial score (nSPS) is 11.0. The van der Waals surface area contributed by atoms with Crippen molar-refractivity contribution in [2.45, 2.75) is 34.6 Å². The van der Waals surface area contributed by atoms with Gasteiger partial charge >= 0.3 is 0 Å². The smallest absolute Gasteiger partial charge is 0.276 e. The van der Waals surface area contributed by atoms with E-state index in [1.807, 2.05) is 52.0 Å². The minimum Gasteiger partial charge on any atom is -0.483 e. The van der Waals surface area contributed by atoms with Crippen molar-refractivity contribution in [2.24, 2.45) is 0 Å². The van der Waals surface area contributed by atoms with Gasteiger partial charge in [-0.15, -0.1) is 0 Å². The Kier molecular flexibility index (Phi) is 7.84. The zero-order valence-corrected chi connectivity index (χ0v) is 18.9. The fourth-order valence-corrected chi connectivity index (χ4v) is 3.37. The summed E-state index contributed by atoms with van der Waals surface area (Å²) in [5, 5.41) is 2.89. The van der Waals surface area contributed by atoms with Crippen LogP contribution in [0.4, 0.5) is 5.69 Å². The summed E-state index contributed by atoms with van der Waals surface area (Å²) >= 11 is 3.38. The van der Waals surface area contributed by atoms with Crippen molar-refractivity contribution in [1.82, 2.24) is 10.9 Å². The number of allylic oxidation sites excluding steroid dienone is 1. The number of aryl methyl sites for hydroxylation is 4. The van der Waals surface area contributed by atoms with Crippen molar-refractivity contribution in [1.29, 1.82) is 0 Å². The van der Waals surface area contributed by atoms with E-state index >= 15 is 0 Å². The van der Waals surface area contributed by atoms with Gasteiger partial charge in [0.15, 0.2) is 6.61 Å². The second-order valence-corrected chi connectivity index (χ2v) is 7.88. The summed E-state index contributed by atoms with van der Waals surface area (Å²) in [7, 11) is 0. The molecule has 3 N–H and O–H groups in total. The molecule has 2 aromatic carbocycles. The third-order valence-electron chi connectivity index (χ3n) is 4.17. The Balaban J connectivity index is 1.84. The van der Waals surface area contributed by atoms with E-state index in [1.165, 1.54) is 6.08 Å². The molecule has 6 nitrogen and oxygen atoms in total. The minimum absolute atomic E-state index is 0.142. The number of ether oxygens (including phenoxy) is 1. The number of carbonyl (C=O) groups is 2. The first-order valence-electron chi connectivity index (χ1n) is 9.16. The standard InChI is InChI=1S/C22H26BrN3O3/c1-13-8-15(3)22(16(4)9-13)24-20(27)11-17(5)25-26-21(28)12-29-19-7-6-18(23)10-14(19)2/h6-11,25H,12H2,1-5H3,(H,24,27)(H,26,28). The molecule has 0 fully saturated rings. The first-order valence-corrected chi connectivity index (χ1v) is 9.96. The molecule has 7 heteroatoms. The van der Waals surface area contributed by atoms with Crippen LogP contribution in [0.15, 0.2) is 46.6 Å². The molecule has 29 heavy (non-hydrogen) atoms. The van der Waals surface area contributed by atoms with Crippen LogP contribution in [0.3, 0.4) is 0 Å². The number of rotatable bonds is 7. The van der Waals surface area contributed by atoms with E-state index in [0.29, 0.717) is 11.4 Å². The quantitative estimate of drug-likeness (QED) is 0.427. The average Bonchev–Trinajstić information content (AvgIpc) is 2.62. The van der Waals surface area contributed by atoms with Crippen molar-refractivity contribution in [3.8, 4) is 5.75 Å². The SMILES string of the molecule is CC(=CC(=O)Nc1c(C)cc(C)cc1C)NNC(=O)COc1ccc(Br)cc1C. The predicted octanol–water partition coefficient (Wildman–Crippen LogP) is 4.22. The van der Waals surface area contributed by atoms with Crippen LogP contribution in [0.1, 0.15) is 29.2 Å². The molecule has 2 amide bonds. The summed E-state index contributed by atoms with van der Waals surface area (Å²) in [5.41, 5.74) is 10.6. The number of anilines is 1. The lowest BCUT2D eigenvalue weighted by molar-refractivity contribution is -0.124. The molecule has 0 heterocycles. The van der Waals surface area contributed by atoms with Crippen molar-refractivity contribution < 1.29 is 14.3 Å². The van der Waals surface area contributed by atoms with Gasteiger partial charge in [-0.2, -0.15) is 0 Å². The summed E-state index contributed by atoms with van der Waals surface area (Å²) in [6, 6.07) is 9.59. The Labute approximate surface area is 179 Å². The Morgan fingerprint density at radius 2 is 1.66 bits per heavy atom.